The molecule has 0 aliphatic heterocycles. The van der Waals surface area contributed by atoms with Crippen LogP contribution < -0.4 is 0 Å². The van der Waals surface area contributed by atoms with Crippen LogP contribution in [0.4, 0.5) is 0 Å². The molecule has 0 N–H and O–H groups in total. The summed E-state index contributed by atoms with van der Waals surface area (Å²) in [5.74, 6) is 2.28. The highest BCUT2D eigenvalue weighted by molar-refractivity contribution is 5.76. The van der Waals surface area contributed by atoms with Crippen molar-refractivity contribution in [1.29, 1.82) is 0 Å². The Labute approximate surface area is 109 Å². The Morgan fingerprint density at radius 3 is 2.67 bits per heavy atom. The number of carbonyl (C=O) groups excluding carboxylic acids is 1. The fourth-order valence-corrected chi connectivity index (χ4v) is 1.75. The largest absolute Gasteiger partial charge is 0.465 e. The van der Waals surface area contributed by atoms with Crippen LogP contribution in [0.3, 0.4) is 0 Å². The second-order valence-electron chi connectivity index (χ2n) is 4.08. The van der Waals surface area contributed by atoms with Gasteiger partial charge in [-0.2, -0.15) is 0 Å². The topological polar surface area (TPSA) is 29.5 Å². The van der Waals surface area contributed by atoms with Crippen molar-refractivity contribution < 1.29 is 9.53 Å². The third-order valence-corrected chi connectivity index (χ3v) is 2.68. The highest BCUT2D eigenvalue weighted by atomic mass is 16.5. The fraction of sp³-hybridized carbons (Fsp3) is 0.400. The summed E-state index contributed by atoms with van der Waals surface area (Å²) in [5, 5.41) is 0. The number of terminal acetylenes is 1. The second kappa shape index (κ2) is 7.52. The number of likely N-dealkylation sites (N-methyl/N-ethyl adjacent to an activating group) is 1. The summed E-state index contributed by atoms with van der Waals surface area (Å²) in [7, 11) is 1.88. The lowest BCUT2D eigenvalue weighted by molar-refractivity contribution is -0.149. The first-order chi connectivity index (χ1) is 8.69. The highest BCUT2D eigenvalue weighted by Gasteiger charge is 2.23. The second-order valence-corrected chi connectivity index (χ2v) is 4.08. The van der Waals surface area contributed by atoms with Crippen molar-refractivity contribution >= 4 is 5.97 Å². The first kappa shape index (κ1) is 14.3. The van der Waals surface area contributed by atoms with Gasteiger partial charge in [-0.3, -0.25) is 9.69 Å². The van der Waals surface area contributed by atoms with Crippen LogP contribution in [-0.4, -0.2) is 30.6 Å². The van der Waals surface area contributed by atoms with Gasteiger partial charge in [0.2, 0.25) is 0 Å². The number of ether oxygens (including phenoxy) is 1. The van der Waals surface area contributed by atoms with Gasteiger partial charge in [0.05, 0.1) is 6.61 Å². The van der Waals surface area contributed by atoms with Gasteiger partial charge in [0.15, 0.2) is 0 Å². The van der Waals surface area contributed by atoms with E-state index < -0.39 is 0 Å². The molecule has 3 heteroatoms. The average Bonchev–Trinajstić information content (AvgIpc) is 2.37. The Hall–Kier alpha value is -1.79. The van der Waals surface area contributed by atoms with E-state index in [2.05, 4.69) is 5.92 Å². The lowest BCUT2D eigenvalue weighted by Crippen LogP contribution is -2.39. The SMILES string of the molecule is C#CC[C@@H](C(=O)OCC)N(C)Cc1ccccc1. The number of hydrogen-bond acceptors (Lipinski definition) is 3. The normalized spacial score (nSPS) is 11.9. The van der Waals surface area contributed by atoms with Crippen molar-refractivity contribution in [3.63, 3.8) is 0 Å². The summed E-state index contributed by atoms with van der Waals surface area (Å²) in [6.07, 6.45) is 5.67. The molecule has 0 radical (unpaired) electrons. The number of benzene rings is 1. The molecule has 0 amide bonds. The van der Waals surface area contributed by atoms with Crippen molar-refractivity contribution in [2.75, 3.05) is 13.7 Å². The smallest absolute Gasteiger partial charge is 0.324 e. The van der Waals surface area contributed by atoms with Crippen LogP contribution in [0.2, 0.25) is 0 Å². The molecule has 0 heterocycles. The molecule has 0 aliphatic rings. The molecule has 0 spiro atoms. The van der Waals surface area contributed by atoms with E-state index in [1.54, 1.807) is 6.92 Å². The van der Waals surface area contributed by atoms with Crippen molar-refractivity contribution in [3.05, 3.63) is 35.9 Å². The number of carbonyl (C=O) groups is 1. The molecule has 0 aromatic heterocycles. The zero-order valence-electron chi connectivity index (χ0n) is 10.9. The van der Waals surface area contributed by atoms with Crippen molar-refractivity contribution in [3.8, 4) is 12.3 Å². The molecular formula is C15H19NO2. The van der Waals surface area contributed by atoms with Gasteiger partial charge in [0, 0.05) is 13.0 Å². The number of rotatable bonds is 6. The van der Waals surface area contributed by atoms with E-state index in [1.165, 1.54) is 0 Å². The summed E-state index contributed by atoms with van der Waals surface area (Å²) in [6, 6.07) is 9.58. The van der Waals surface area contributed by atoms with Crippen LogP contribution in [0.5, 0.6) is 0 Å². The predicted molar refractivity (Wildman–Crippen MR) is 71.8 cm³/mol. The van der Waals surface area contributed by atoms with Gasteiger partial charge in [-0.05, 0) is 19.5 Å². The number of hydrogen-bond donors (Lipinski definition) is 0. The minimum absolute atomic E-state index is 0.256. The van der Waals surface area contributed by atoms with Crippen LogP contribution in [0.1, 0.15) is 18.9 Å². The molecule has 1 rings (SSSR count). The van der Waals surface area contributed by atoms with Gasteiger partial charge in [0.1, 0.15) is 6.04 Å². The molecule has 0 fully saturated rings. The lowest BCUT2D eigenvalue weighted by Gasteiger charge is -2.24. The van der Waals surface area contributed by atoms with E-state index in [1.807, 2.05) is 42.3 Å². The standard InChI is InChI=1S/C15H19NO2/c1-4-9-14(15(17)18-5-2)16(3)12-13-10-7-6-8-11-13/h1,6-8,10-11,14H,5,9,12H2,2-3H3/t14-/m0/s1. The Bertz CT molecular complexity index is 408. The van der Waals surface area contributed by atoms with Gasteiger partial charge < -0.3 is 4.74 Å². The third kappa shape index (κ3) is 4.23. The van der Waals surface area contributed by atoms with Gasteiger partial charge in [0.25, 0.3) is 0 Å². The van der Waals surface area contributed by atoms with E-state index >= 15 is 0 Å². The maximum absolute atomic E-state index is 11.8. The summed E-state index contributed by atoms with van der Waals surface area (Å²) >= 11 is 0. The van der Waals surface area contributed by atoms with E-state index in [0.29, 0.717) is 19.6 Å². The maximum Gasteiger partial charge on any atom is 0.324 e. The molecule has 96 valence electrons. The average molecular weight is 245 g/mol. The minimum atomic E-state index is -0.379. The monoisotopic (exact) mass is 245 g/mol. The van der Waals surface area contributed by atoms with E-state index in [9.17, 15) is 4.79 Å². The molecule has 0 unspecified atom stereocenters. The quantitative estimate of drug-likeness (QED) is 0.567. The molecule has 1 aromatic carbocycles. The Morgan fingerprint density at radius 1 is 1.44 bits per heavy atom. The minimum Gasteiger partial charge on any atom is -0.465 e. The molecule has 0 aliphatic carbocycles. The van der Waals surface area contributed by atoms with Gasteiger partial charge in [-0.25, -0.2) is 0 Å². The van der Waals surface area contributed by atoms with Crippen LogP contribution in [-0.2, 0) is 16.1 Å². The Balaban J connectivity index is 2.68. The molecule has 0 saturated carbocycles. The zero-order chi connectivity index (χ0) is 13.4. The molecule has 18 heavy (non-hydrogen) atoms. The van der Waals surface area contributed by atoms with Crippen molar-refractivity contribution in [2.24, 2.45) is 0 Å². The number of nitrogens with zero attached hydrogens (tertiary/aromatic N) is 1. The van der Waals surface area contributed by atoms with Gasteiger partial charge in [-0.1, -0.05) is 30.3 Å². The van der Waals surface area contributed by atoms with E-state index in [4.69, 9.17) is 11.2 Å². The lowest BCUT2D eigenvalue weighted by atomic mass is 10.1. The van der Waals surface area contributed by atoms with Crippen LogP contribution in [0.15, 0.2) is 30.3 Å². The molecule has 3 nitrogen and oxygen atoms in total. The molecule has 0 saturated heterocycles. The predicted octanol–water partition coefficient (Wildman–Crippen LogP) is 2.07. The Kier molecular flexibility index (Phi) is 5.96. The first-order valence-electron chi connectivity index (χ1n) is 6.03. The molecular weight excluding hydrogens is 226 g/mol. The van der Waals surface area contributed by atoms with E-state index in [0.717, 1.165) is 5.56 Å². The first-order valence-corrected chi connectivity index (χ1v) is 6.03. The Morgan fingerprint density at radius 2 is 2.11 bits per heavy atom. The van der Waals surface area contributed by atoms with Crippen LogP contribution in [0, 0.1) is 12.3 Å². The van der Waals surface area contributed by atoms with Crippen molar-refractivity contribution in [1.82, 2.24) is 4.90 Å². The highest BCUT2D eigenvalue weighted by Crippen LogP contribution is 2.10. The molecule has 1 atom stereocenters. The fourth-order valence-electron chi connectivity index (χ4n) is 1.75. The summed E-state index contributed by atoms with van der Waals surface area (Å²) in [4.78, 5) is 13.7. The summed E-state index contributed by atoms with van der Waals surface area (Å²) in [6.45, 7) is 2.84. The maximum atomic E-state index is 11.8. The summed E-state index contributed by atoms with van der Waals surface area (Å²) < 4.78 is 5.04. The zero-order valence-corrected chi connectivity index (χ0v) is 10.9. The number of esters is 1. The summed E-state index contributed by atoms with van der Waals surface area (Å²) in [5.41, 5.74) is 1.14. The van der Waals surface area contributed by atoms with E-state index in [-0.39, 0.29) is 12.0 Å². The molecule has 0 bridgehead atoms. The molecule has 1 aromatic rings. The van der Waals surface area contributed by atoms with Gasteiger partial charge >= 0.3 is 5.97 Å². The van der Waals surface area contributed by atoms with Crippen LogP contribution >= 0.6 is 0 Å². The van der Waals surface area contributed by atoms with Gasteiger partial charge in [-0.15, -0.1) is 12.3 Å². The van der Waals surface area contributed by atoms with Crippen LogP contribution in [0.25, 0.3) is 0 Å². The van der Waals surface area contributed by atoms with Crippen molar-refractivity contribution in [2.45, 2.75) is 25.9 Å². The third-order valence-electron chi connectivity index (χ3n) is 2.68.